The molecule has 0 aliphatic heterocycles. The van der Waals surface area contributed by atoms with Crippen molar-refractivity contribution in [3.63, 3.8) is 0 Å². The van der Waals surface area contributed by atoms with E-state index in [1.807, 2.05) is 6.92 Å². The van der Waals surface area contributed by atoms with Crippen molar-refractivity contribution in [1.82, 2.24) is 5.32 Å². The fourth-order valence-electron chi connectivity index (χ4n) is 1.60. The van der Waals surface area contributed by atoms with Gasteiger partial charge in [0.1, 0.15) is 0 Å². The van der Waals surface area contributed by atoms with Gasteiger partial charge in [0.25, 0.3) is 0 Å². The number of rotatable bonds is 7. The van der Waals surface area contributed by atoms with E-state index in [2.05, 4.69) is 26.1 Å². The van der Waals surface area contributed by atoms with Gasteiger partial charge in [0.05, 0.1) is 6.10 Å². The molecular formula is C11H25NO. The Labute approximate surface area is 82.7 Å². The minimum absolute atomic E-state index is 0.168. The third-order valence-electron chi connectivity index (χ3n) is 2.28. The second-order valence-corrected chi connectivity index (χ2v) is 4.29. The third-order valence-corrected chi connectivity index (χ3v) is 2.28. The van der Waals surface area contributed by atoms with Gasteiger partial charge in [0.2, 0.25) is 0 Å². The minimum atomic E-state index is -0.168. The first-order chi connectivity index (χ1) is 6.06. The van der Waals surface area contributed by atoms with Crippen LogP contribution in [0.4, 0.5) is 0 Å². The van der Waals surface area contributed by atoms with Crippen molar-refractivity contribution in [1.29, 1.82) is 0 Å². The molecule has 80 valence electrons. The molecule has 0 spiro atoms. The predicted molar refractivity (Wildman–Crippen MR) is 57.8 cm³/mol. The highest BCUT2D eigenvalue weighted by Gasteiger charge is 2.07. The lowest BCUT2D eigenvalue weighted by Gasteiger charge is -2.18. The summed E-state index contributed by atoms with van der Waals surface area (Å²) in [5.41, 5.74) is 0. The van der Waals surface area contributed by atoms with Crippen LogP contribution in [0.1, 0.15) is 47.0 Å². The summed E-state index contributed by atoms with van der Waals surface area (Å²) in [5, 5.41) is 12.6. The van der Waals surface area contributed by atoms with Crippen LogP contribution >= 0.6 is 0 Å². The number of nitrogens with one attached hydrogen (secondary N) is 1. The molecule has 0 aromatic rings. The van der Waals surface area contributed by atoms with Crippen molar-refractivity contribution in [2.45, 2.75) is 59.1 Å². The molecule has 0 heterocycles. The van der Waals surface area contributed by atoms with E-state index in [4.69, 9.17) is 5.11 Å². The van der Waals surface area contributed by atoms with Crippen LogP contribution in [-0.2, 0) is 0 Å². The summed E-state index contributed by atoms with van der Waals surface area (Å²) in [6.07, 6.45) is 3.20. The molecule has 0 rings (SSSR count). The van der Waals surface area contributed by atoms with Gasteiger partial charge in [0, 0.05) is 6.04 Å². The van der Waals surface area contributed by atoms with Crippen LogP contribution in [0, 0.1) is 5.92 Å². The molecule has 3 unspecified atom stereocenters. The molecule has 0 saturated carbocycles. The molecule has 0 aliphatic carbocycles. The van der Waals surface area contributed by atoms with Crippen LogP contribution in [0.3, 0.4) is 0 Å². The largest absolute Gasteiger partial charge is 0.393 e. The van der Waals surface area contributed by atoms with Crippen molar-refractivity contribution in [3.05, 3.63) is 0 Å². The van der Waals surface area contributed by atoms with Gasteiger partial charge in [-0.25, -0.2) is 0 Å². The Morgan fingerprint density at radius 2 is 1.85 bits per heavy atom. The van der Waals surface area contributed by atoms with Crippen molar-refractivity contribution in [2.75, 3.05) is 6.54 Å². The predicted octanol–water partition coefficient (Wildman–Crippen LogP) is 2.17. The summed E-state index contributed by atoms with van der Waals surface area (Å²) in [7, 11) is 0. The topological polar surface area (TPSA) is 32.3 Å². The van der Waals surface area contributed by atoms with Crippen molar-refractivity contribution >= 4 is 0 Å². The zero-order chi connectivity index (χ0) is 10.3. The van der Waals surface area contributed by atoms with Crippen LogP contribution in [0.15, 0.2) is 0 Å². The Kier molecular flexibility index (Phi) is 7.29. The van der Waals surface area contributed by atoms with E-state index >= 15 is 0 Å². The molecule has 13 heavy (non-hydrogen) atoms. The van der Waals surface area contributed by atoms with Gasteiger partial charge in [-0.15, -0.1) is 0 Å². The van der Waals surface area contributed by atoms with Crippen molar-refractivity contribution < 1.29 is 5.11 Å². The first-order valence-electron chi connectivity index (χ1n) is 5.47. The highest BCUT2D eigenvalue weighted by molar-refractivity contribution is 4.64. The lowest BCUT2D eigenvalue weighted by atomic mass is 10.0. The lowest BCUT2D eigenvalue weighted by molar-refractivity contribution is 0.162. The van der Waals surface area contributed by atoms with E-state index in [-0.39, 0.29) is 6.10 Å². The molecule has 0 aromatic heterocycles. The van der Waals surface area contributed by atoms with E-state index in [0.717, 1.165) is 13.0 Å². The van der Waals surface area contributed by atoms with E-state index in [0.29, 0.717) is 12.0 Å². The monoisotopic (exact) mass is 187 g/mol. The second-order valence-electron chi connectivity index (χ2n) is 4.29. The average Bonchev–Trinajstić information content (AvgIpc) is 2.00. The SMILES string of the molecule is CCCC(C)NCC(C)CC(C)O. The second kappa shape index (κ2) is 7.34. The summed E-state index contributed by atoms with van der Waals surface area (Å²) in [6, 6.07) is 0.612. The Hall–Kier alpha value is -0.0800. The van der Waals surface area contributed by atoms with Gasteiger partial charge in [-0.1, -0.05) is 20.3 Å². The van der Waals surface area contributed by atoms with E-state index in [1.165, 1.54) is 12.8 Å². The summed E-state index contributed by atoms with van der Waals surface area (Å²) >= 11 is 0. The summed E-state index contributed by atoms with van der Waals surface area (Å²) in [4.78, 5) is 0. The fraction of sp³-hybridized carbons (Fsp3) is 1.00. The minimum Gasteiger partial charge on any atom is -0.393 e. The molecule has 2 N–H and O–H groups in total. The maximum Gasteiger partial charge on any atom is 0.0515 e. The van der Waals surface area contributed by atoms with Crippen LogP contribution in [0.25, 0.3) is 0 Å². The number of hydrogen-bond donors (Lipinski definition) is 2. The zero-order valence-electron chi connectivity index (χ0n) is 9.51. The van der Waals surface area contributed by atoms with E-state index in [9.17, 15) is 0 Å². The molecule has 0 fully saturated rings. The number of aliphatic hydroxyl groups excluding tert-OH is 1. The average molecular weight is 187 g/mol. The molecule has 0 radical (unpaired) electrons. The third kappa shape index (κ3) is 8.26. The Bertz CT molecular complexity index is 115. The summed E-state index contributed by atoms with van der Waals surface area (Å²) in [6.45, 7) is 9.48. The standard InChI is InChI=1S/C11H25NO/c1-5-6-10(3)12-8-9(2)7-11(4)13/h9-13H,5-8H2,1-4H3. The summed E-state index contributed by atoms with van der Waals surface area (Å²) in [5.74, 6) is 0.569. The van der Waals surface area contributed by atoms with Crippen LogP contribution in [0.2, 0.25) is 0 Å². The van der Waals surface area contributed by atoms with Gasteiger partial charge >= 0.3 is 0 Å². The highest BCUT2D eigenvalue weighted by atomic mass is 16.3. The van der Waals surface area contributed by atoms with Gasteiger partial charge in [-0.2, -0.15) is 0 Å². The van der Waals surface area contributed by atoms with Crippen molar-refractivity contribution in [2.24, 2.45) is 5.92 Å². The Balaban J connectivity index is 3.40. The maximum atomic E-state index is 9.16. The van der Waals surface area contributed by atoms with Gasteiger partial charge in [-0.3, -0.25) is 0 Å². The van der Waals surface area contributed by atoms with Crippen molar-refractivity contribution in [3.8, 4) is 0 Å². The number of aliphatic hydroxyl groups is 1. The lowest BCUT2D eigenvalue weighted by Crippen LogP contribution is -2.31. The molecule has 0 aliphatic rings. The molecule has 0 aromatic carbocycles. The first-order valence-corrected chi connectivity index (χ1v) is 5.47. The Morgan fingerprint density at radius 1 is 1.23 bits per heavy atom. The Morgan fingerprint density at radius 3 is 2.31 bits per heavy atom. The van der Waals surface area contributed by atoms with Gasteiger partial charge in [-0.05, 0) is 39.2 Å². The fourth-order valence-corrected chi connectivity index (χ4v) is 1.60. The summed E-state index contributed by atoms with van der Waals surface area (Å²) < 4.78 is 0. The molecule has 0 saturated heterocycles. The molecule has 0 bridgehead atoms. The van der Waals surface area contributed by atoms with Gasteiger partial charge < -0.3 is 10.4 Å². The molecule has 0 amide bonds. The maximum absolute atomic E-state index is 9.16. The van der Waals surface area contributed by atoms with Crippen LogP contribution in [-0.4, -0.2) is 23.8 Å². The zero-order valence-corrected chi connectivity index (χ0v) is 9.51. The normalized spacial score (nSPS) is 18.2. The molecule has 2 heteroatoms. The molecular weight excluding hydrogens is 162 g/mol. The highest BCUT2D eigenvalue weighted by Crippen LogP contribution is 2.05. The molecule has 3 atom stereocenters. The quantitative estimate of drug-likeness (QED) is 0.640. The first kappa shape index (κ1) is 12.9. The van der Waals surface area contributed by atoms with Crippen LogP contribution < -0.4 is 5.32 Å². The van der Waals surface area contributed by atoms with E-state index in [1.54, 1.807) is 0 Å². The van der Waals surface area contributed by atoms with Crippen LogP contribution in [0.5, 0.6) is 0 Å². The van der Waals surface area contributed by atoms with E-state index < -0.39 is 0 Å². The number of hydrogen-bond acceptors (Lipinski definition) is 2. The van der Waals surface area contributed by atoms with Gasteiger partial charge in [0.15, 0.2) is 0 Å². The smallest absolute Gasteiger partial charge is 0.0515 e. The molecule has 2 nitrogen and oxygen atoms in total.